The van der Waals surface area contributed by atoms with Gasteiger partial charge in [-0.15, -0.1) is 0 Å². The van der Waals surface area contributed by atoms with Gasteiger partial charge in [-0.2, -0.15) is 5.26 Å². The van der Waals surface area contributed by atoms with Crippen LogP contribution in [0.25, 0.3) is 0 Å². The third kappa shape index (κ3) is 4.86. The molecule has 1 amide bonds. The topological polar surface area (TPSA) is 62.1 Å². The number of benzene rings is 2. The second-order valence-corrected chi connectivity index (χ2v) is 5.22. The van der Waals surface area contributed by atoms with E-state index in [9.17, 15) is 4.79 Å². The summed E-state index contributed by atoms with van der Waals surface area (Å²) in [6.45, 7) is 1.98. The van der Waals surface area contributed by atoms with Crippen LogP contribution in [0, 0.1) is 11.3 Å². The first-order chi connectivity index (χ1) is 11.2. The van der Waals surface area contributed by atoms with Crippen LogP contribution in [0.15, 0.2) is 54.6 Å². The molecule has 0 aliphatic heterocycles. The maximum Gasteiger partial charge on any atom is 0.258 e. The Hall–Kier alpha value is -2.80. The van der Waals surface area contributed by atoms with Gasteiger partial charge < -0.3 is 10.1 Å². The lowest BCUT2D eigenvalue weighted by molar-refractivity contribution is -0.123. The zero-order chi connectivity index (χ0) is 16.5. The minimum absolute atomic E-state index is 0.0245. The molecule has 0 radical (unpaired) electrons. The molecule has 2 rings (SSSR count). The molecule has 0 spiro atoms. The van der Waals surface area contributed by atoms with Crippen LogP contribution in [0.5, 0.6) is 5.75 Å². The van der Waals surface area contributed by atoms with Crippen molar-refractivity contribution in [3.8, 4) is 11.8 Å². The number of hydrogen-bond acceptors (Lipinski definition) is 3. The third-order valence-corrected chi connectivity index (χ3v) is 3.48. The smallest absolute Gasteiger partial charge is 0.258 e. The van der Waals surface area contributed by atoms with Gasteiger partial charge in [-0.1, -0.05) is 55.8 Å². The average Bonchev–Trinajstić information content (AvgIpc) is 2.60. The van der Waals surface area contributed by atoms with Gasteiger partial charge in [0.05, 0.1) is 11.6 Å². The van der Waals surface area contributed by atoms with Gasteiger partial charge in [-0.05, 0) is 24.1 Å². The van der Waals surface area contributed by atoms with Crippen molar-refractivity contribution in [1.82, 2.24) is 5.32 Å². The fourth-order valence-electron chi connectivity index (χ4n) is 2.36. The van der Waals surface area contributed by atoms with E-state index in [1.165, 1.54) is 0 Å². The van der Waals surface area contributed by atoms with Gasteiger partial charge in [0.25, 0.3) is 5.91 Å². The van der Waals surface area contributed by atoms with E-state index in [0.29, 0.717) is 11.3 Å². The van der Waals surface area contributed by atoms with E-state index in [1.54, 1.807) is 24.3 Å². The van der Waals surface area contributed by atoms with Crippen LogP contribution < -0.4 is 10.1 Å². The minimum Gasteiger partial charge on any atom is -0.482 e. The lowest BCUT2D eigenvalue weighted by Crippen LogP contribution is -2.32. The molecule has 0 saturated heterocycles. The molecule has 0 heterocycles. The Kier molecular flexibility index (Phi) is 6.19. The maximum atomic E-state index is 12.2. The summed E-state index contributed by atoms with van der Waals surface area (Å²) >= 11 is 0. The molecule has 4 nitrogen and oxygen atoms in total. The molecule has 0 saturated carbocycles. The van der Waals surface area contributed by atoms with Crippen molar-refractivity contribution in [2.75, 3.05) is 6.61 Å². The van der Waals surface area contributed by atoms with Crippen molar-refractivity contribution in [1.29, 1.82) is 5.26 Å². The highest BCUT2D eigenvalue weighted by Crippen LogP contribution is 2.19. The zero-order valence-corrected chi connectivity index (χ0v) is 13.2. The van der Waals surface area contributed by atoms with E-state index in [-0.39, 0.29) is 18.6 Å². The largest absolute Gasteiger partial charge is 0.482 e. The Labute approximate surface area is 136 Å². The van der Waals surface area contributed by atoms with Gasteiger partial charge in [-0.25, -0.2) is 0 Å². The van der Waals surface area contributed by atoms with Crippen molar-refractivity contribution in [3.63, 3.8) is 0 Å². The number of amides is 1. The number of para-hydroxylation sites is 1. The number of nitrogens with zero attached hydrogens (tertiary/aromatic N) is 1. The van der Waals surface area contributed by atoms with E-state index in [1.807, 2.05) is 36.4 Å². The molecule has 0 aliphatic carbocycles. The second kappa shape index (κ2) is 8.60. The number of ether oxygens (including phenoxy) is 1. The minimum atomic E-state index is -0.194. The van der Waals surface area contributed by atoms with Gasteiger partial charge in [0.15, 0.2) is 6.61 Å². The van der Waals surface area contributed by atoms with Crippen LogP contribution in [0.4, 0.5) is 0 Å². The molecule has 0 bridgehead atoms. The van der Waals surface area contributed by atoms with E-state index >= 15 is 0 Å². The molecule has 0 aromatic heterocycles. The Morgan fingerprint density at radius 2 is 1.87 bits per heavy atom. The number of rotatable bonds is 7. The molecule has 2 aromatic carbocycles. The monoisotopic (exact) mass is 308 g/mol. The van der Waals surface area contributed by atoms with E-state index in [0.717, 1.165) is 18.4 Å². The van der Waals surface area contributed by atoms with Gasteiger partial charge >= 0.3 is 0 Å². The molecular weight excluding hydrogens is 288 g/mol. The highest BCUT2D eigenvalue weighted by Gasteiger charge is 2.14. The first kappa shape index (κ1) is 16.6. The molecule has 118 valence electrons. The van der Waals surface area contributed by atoms with Crippen molar-refractivity contribution >= 4 is 5.91 Å². The lowest BCUT2D eigenvalue weighted by atomic mass is 10.0. The molecule has 0 fully saturated rings. The van der Waals surface area contributed by atoms with E-state index in [4.69, 9.17) is 10.00 Å². The standard InChI is InChI=1S/C19H20N2O2/c1-2-8-17(15-9-4-3-5-10-15)21-19(22)14-23-18-12-7-6-11-16(18)13-20/h3-7,9-12,17H,2,8,14H2,1H3,(H,21,22)/t17-/m0/s1. The first-order valence-electron chi connectivity index (χ1n) is 7.70. The summed E-state index contributed by atoms with van der Waals surface area (Å²) in [4.78, 5) is 12.2. The van der Waals surface area contributed by atoms with Crippen LogP contribution in [-0.4, -0.2) is 12.5 Å². The molecule has 0 aliphatic rings. The Balaban J connectivity index is 1.96. The number of carbonyl (C=O) groups excluding carboxylic acids is 1. The van der Waals surface area contributed by atoms with Gasteiger partial charge in [0.1, 0.15) is 11.8 Å². The summed E-state index contributed by atoms with van der Waals surface area (Å²) in [5.41, 5.74) is 1.51. The highest BCUT2D eigenvalue weighted by molar-refractivity contribution is 5.78. The Morgan fingerprint density at radius 1 is 1.17 bits per heavy atom. The van der Waals surface area contributed by atoms with Crippen molar-refractivity contribution in [2.45, 2.75) is 25.8 Å². The molecular formula is C19H20N2O2. The van der Waals surface area contributed by atoms with Crippen LogP contribution in [0.1, 0.15) is 36.9 Å². The van der Waals surface area contributed by atoms with Gasteiger partial charge in [0.2, 0.25) is 0 Å². The second-order valence-electron chi connectivity index (χ2n) is 5.22. The van der Waals surface area contributed by atoms with Crippen LogP contribution in [-0.2, 0) is 4.79 Å². The lowest BCUT2D eigenvalue weighted by Gasteiger charge is -2.19. The highest BCUT2D eigenvalue weighted by atomic mass is 16.5. The number of nitriles is 1. The van der Waals surface area contributed by atoms with E-state index < -0.39 is 0 Å². The summed E-state index contributed by atoms with van der Waals surface area (Å²) in [7, 11) is 0. The summed E-state index contributed by atoms with van der Waals surface area (Å²) < 4.78 is 5.47. The number of hydrogen-bond donors (Lipinski definition) is 1. The summed E-state index contributed by atoms with van der Waals surface area (Å²) in [5.74, 6) is 0.233. The molecule has 0 unspecified atom stereocenters. The predicted molar refractivity (Wildman–Crippen MR) is 88.9 cm³/mol. The molecule has 1 N–H and O–H groups in total. The summed E-state index contributed by atoms with van der Waals surface area (Å²) in [6, 6.07) is 18.8. The number of carbonyl (C=O) groups is 1. The zero-order valence-electron chi connectivity index (χ0n) is 13.2. The van der Waals surface area contributed by atoms with Gasteiger partial charge in [0, 0.05) is 0 Å². The fourth-order valence-corrected chi connectivity index (χ4v) is 2.36. The first-order valence-corrected chi connectivity index (χ1v) is 7.70. The predicted octanol–water partition coefficient (Wildman–Crippen LogP) is 3.59. The molecule has 2 aromatic rings. The Bertz CT molecular complexity index is 677. The Morgan fingerprint density at radius 3 is 2.57 bits per heavy atom. The summed E-state index contributed by atoms with van der Waals surface area (Å²) in [6.07, 6.45) is 1.84. The molecule has 4 heteroatoms. The van der Waals surface area contributed by atoms with Crippen molar-refractivity contribution in [2.24, 2.45) is 0 Å². The molecule has 23 heavy (non-hydrogen) atoms. The molecule has 1 atom stereocenters. The fraction of sp³-hybridized carbons (Fsp3) is 0.263. The SMILES string of the molecule is CCC[C@H](NC(=O)COc1ccccc1C#N)c1ccccc1. The van der Waals surface area contributed by atoms with Crippen LogP contribution in [0.3, 0.4) is 0 Å². The van der Waals surface area contributed by atoms with Crippen LogP contribution >= 0.6 is 0 Å². The average molecular weight is 308 g/mol. The third-order valence-electron chi connectivity index (χ3n) is 3.48. The maximum absolute atomic E-state index is 12.2. The van der Waals surface area contributed by atoms with E-state index in [2.05, 4.69) is 12.2 Å². The van der Waals surface area contributed by atoms with Crippen molar-refractivity contribution < 1.29 is 9.53 Å². The quantitative estimate of drug-likeness (QED) is 0.850. The normalized spacial score (nSPS) is 11.3. The summed E-state index contributed by atoms with van der Waals surface area (Å²) in [5, 5.41) is 12.0. The number of nitrogens with one attached hydrogen (secondary N) is 1. The van der Waals surface area contributed by atoms with Crippen molar-refractivity contribution in [3.05, 3.63) is 65.7 Å². The van der Waals surface area contributed by atoms with Crippen LogP contribution in [0.2, 0.25) is 0 Å². The van der Waals surface area contributed by atoms with Gasteiger partial charge in [-0.3, -0.25) is 4.79 Å².